The normalized spacial score (nSPS) is 10.3. The fourth-order valence-corrected chi connectivity index (χ4v) is 2.28. The molecule has 1 aromatic carbocycles. The fraction of sp³-hybridized carbons (Fsp3) is 0.250. The zero-order valence-electron chi connectivity index (χ0n) is 13.8. The molecule has 0 bridgehead atoms. The van der Waals surface area contributed by atoms with E-state index in [0.29, 0.717) is 10.3 Å². The van der Waals surface area contributed by atoms with Gasteiger partial charge in [0.25, 0.3) is 11.5 Å². The maximum absolute atomic E-state index is 12.1. The Morgan fingerprint density at radius 3 is 2.56 bits per heavy atom. The number of nitrogens with one attached hydrogen (secondary N) is 1. The van der Waals surface area contributed by atoms with Gasteiger partial charge in [-0.1, -0.05) is 18.2 Å². The number of hydrogen-bond donors (Lipinski definition) is 2. The third-order valence-corrected chi connectivity index (χ3v) is 3.57. The highest BCUT2D eigenvalue weighted by molar-refractivity contribution is 5.92. The molecule has 132 valence electrons. The standard InChI is InChI=1S/C16H18N4O5/c1-19-8-11(14(17)22)15(23)20(16(19)24)9-13(21)18-7-10-5-3-4-6-12(10)25-2/h3-6,8H,7,9H2,1-2H3,(H2,17,22)(H,18,21). The summed E-state index contributed by atoms with van der Waals surface area (Å²) in [7, 11) is 2.87. The number of benzene rings is 1. The number of nitrogens with zero attached hydrogens (tertiary/aromatic N) is 2. The van der Waals surface area contributed by atoms with Gasteiger partial charge >= 0.3 is 5.69 Å². The molecule has 0 atom stereocenters. The molecule has 0 radical (unpaired) electrons. The second-order valence-electron chi connectivity index (χ2n) is 5.28. The highest BCUT2D eigenvalue weighted by atomic mass is 16.5. The van der Waals surface area contributed by atoms with Crippen molar-refractivity contribution in [2.75, 3.05) is 7.11 Å². The highest BCUT2D eigenvalue weighted by Crippen LogP contribution is 2.16. The number of amides is 2. The molecule has 9 heteroatoms. The molecule has 3 N–H and O–H groups in total. The van der Waals surface area contributed by atoms with Crippen LogP contribution in [0.4, 0.5) is 0 Å². The smallest absolute Gasteiger partial charge is 0.331 e. The first-order valence-corrected chi connectivity index (χ1v) is 7.34. The number of methoxy groups -OCH3 is 1. The van der Waals surface area contributed by atoms with Gasteiger partial charge in [0.2, 0.25) is 5.91 Å². The molecule has 0 unspecified atom stereocenters. The lowest BCUT2D eigenvalue weighted by molar-refractivity contribution is -0.121. The van der Waals surface area contributed by atoms with Gasteiger partial charge in [-0.05, 0) is 6.07 Å². The Morgan fingerprint density at radius 2 is 1.92 bits per heavy atom. The van der Waals surface area contributed by atoms with Gasteiger partial charge in [0.1, 0.15) is 17.9 Å². The first-order chi connectivity index (χ1) is 11.8. The van der Waals surface area contributed by atoms with Crippen molar-refractivity contribution in [2.45, 2.75) is 13.1 Å². The lowest BCUT2D eigenvalue weighted by Crippen LogP contribution is -2.45. The lowest BCUT2D eigenvalue weighted by Gasteiger charge is -2.11. The van der Waals surface area contributed by atoms with E-state index in [1.54, 1.807) is 24.3 Å². The molecule has 1 heterocycles. The quantitative estimate of drug-likeness (QED) is 0.692. The van der Waals surface area contributed by atoms with Gasteiger partial charge in [-0.2, -0.15) is 0 Å². The van der Waals surface area contributed by atoms with Crippen LogP contribution in [-0.4, -0.2) is 28.1 Å². The Kier molecular flexibility index (Phi) is 5.38. The molecule has 0 spiro atoms. The summed E-state index contributed by atoms with van der Waals surface area (Å²) in [5.41, 5.74) is 3.88. The lowest BCUT2D eigenvalue weighted by atomic mass is 10.2. The minimum Gasteiger partial charge on any atom is -0.496 e. The average Bonchev–Trinajstić information content (AvgIpc) is 2.59. The van der Waals surface area contributed by atoms with Crippen LogP contribution < -0.4 is 27.0 Å². The van der Waals surface area contributed by atoms with E-state index in [1.807, 2.05) is 0 Å². The third kappa shape index (κ3) is 3.94. The van der Waals surface area contributed by atoms with Gasteiger partial charge in [-0.15, -0.1) is 0 Å². The molecule has 9 nitrogen and oxygen atoms in total. The Balaban J connectivity index is 2.20. The molecule has 0 aliphatic carbocycles. The predicted molar refractivity (Wildman–Crippen MR) is 89.3 cm³/mol. The van der Waals surface area contributed by atoms with Crippen molar-refractivity contribution < 1.29 is 14.3 Å². The molecule has 0 saturated heterocycles. The number of aromatic nitrogens is 2. The van der Waals surface area contributed by atoms with Gasteiger partial charge in [0.05, 0.1) is 7.11 Å². The number of ether oxygens (including phenoxy) is 1. The van der Waals surface area contributed by atoms with Crippen molar-refractivity contribution in [1.82, 2.24) is 14.5 Å². The molecule has 2 rings (SSSR count). The van der Waals surface area contributed by atoms with Gasteiger partial charge in [-0.25, -0.2) is 4.79 Å². The van der Waals surface area contributed by atoms with Crippen molar-refractivity contribution in [2.24, 2.45) is 12.8 Å². The second kappa shape index (κ2) is 7.47. The number of carbonyl (C=O) groups is 2. The van der Waals surface area contributed by atoms with Crippen LogP contribution in [-0.2, 0) is 24.9 Å². The number of para-hydroxylation sites is 1. The largest absolute Gasteiger partial charge is 0.496 e. The summed E-state index contributed by atoms with van der Waals surface area (Å²) >= 11 is 0. The second-order valence-corrected chi connectivity index (χ2v) is 5.28. The fourth-order valence-electron chi connectivity index (χ4n) is 2.28. The van der Waals surface area contributed by atoms with E-state index in [-0.39, 0.29) is 12.1 Å². The number of rotatable bonds is 6. The predicted octanol–water partition coefficient (Wildman–Crippen LogP) is -1.03. The van der Waals surface area contributed by atoms with Crippen molar-refractivity contribution >= 4 is 11.8 Å². The van der Waals surface area contributed by atoms with Crippen LogP contribution >= 0.6 is 0 Å². The highest BCUT2D eigenvalue weighted by Gasteiger charge is 2.16. The topological polar surface area (TPSA) is 125 Å². The van der Waals surface area contributed by atoms with E-state index in [9.17, 15) is 19.2 Å². The van der Waals surface area contributed by atoms with Crippen molar-refractivity contribution in [3.8, 4) is 5.75 Å². The molecule has 0 saturated carbocycles. The minimum absolute atomic E-state index is 0.160. The van der Waals surface area contributed by atoms with Gasteiger partial charge in [0.15, 0.2) is 0 Å². The molecule has 0 aliphatic rings. The number of carbonyl (C=O) groups excluding carboxylic acids is 2. The Morgan fingerprint density at radius 1 is 1.24 bits per heavy atom. The van der Waals surface area contributed by atoms with E-state index >= 15 is 0 Å². The summed E-state index contributed by atoms with van der Waals surface area (Å²) in [5.74, 6) is -0.929. The Hall–Kier alpha value is -3.36. The molecular formula is C16H18N4O5. The minimum atomic E-state index is -0.969. The van der Waals surface area contributed by atoms with Crippen LogP contribution in [0.5, 0.6) is 5.75 Å². The maximum atomic E-state index is 12.1. The van der Waals surface area contributed by atoms with Crippen molar-refractivity contribution in [3.05, 3.63) is 62.4 Å². The van der Waals surface area contributed by atoms with E-state index in [4.69, 9.17) is 10.5 Å². The average molecular weight is 346 g/mol. The Labute approximate surface area is 142 Å². The van der Waals surface area contributed by atoms with Gasteiger partial charge < -0.3 is 20.4 Å². The van der Waals surface area contributed by atoms with Gasteiger partial charge in [0, 0.05) is 25.4 Å². The number of nitrogens with two attached hydrogens (primary N) is 1. The molecular weight excluding hydrogens is 328 g/mol. The summed E-state index contributed by atoms with van der Waals surface area (Å²) in [5, 5.41) is 2.60. The van der Waals surface area contributed by atoms with Crippen LogP contribution in [0, 0.1) is 0 Å². The molecule has 2 aromatic rings. The molecule has 0 aliphatic heterocycles. The monoisotopic (exact) mass is 346 g/mol. The van der Waals surface area contributed by atoms with E-state index in [2.05, 4.69) is 5.32 Å². The first kappa shape index (κ1) is 18.0. The maximum Gasteiger partial charge on any atom is 0.331 e. The zero-order valence-corrected chi connectivity index (χ0v) is 13.8. The summed E-state index contributed by atoms with van der Waals surface area (Å²) in [6, 6.07) is 7.11. The third-order valence-electron chi connectivity index (χ3n) is 3.57. The van der Waals surface area contributed by atoms with Crippen LogP contribution in [0.2, 0.25) is 0 Å². The van der Waals surface area contributed by atoms with Crippen LogP contribution in [0.15, 0.2) is 40.1 Å². The van der Waals surface area contributed by atoms with Crippen LogP contribution in [0.1, 0.15) is 15.9 Å². The number of hydrogen-bond acceptors (Lipinski definition) is 5. The summed E-state index contributed by atoms with van der Waals surface area (Å²) in [6.45, 7) is -0.366. The van der Waals surface area contributed by atoms with E-state index in [0.717, 1.165) is 16.3 Å². The summed E-state index contributed by atoms with van der Waals surface area (Å²) in [4.78, 5) is 47.6. The SMILES string of the molecule is COc1ccccc1CNC(=O)Cn1c(=O)c(C(N)=O)cn(C)c1=O. The molecule has 0 fully saturated rings. The molecule has 2 amide bonds. The van der Waals surface area contributed by atoms with E-state index < -0.39 is 29.6 Å². The van der Waals surface area contributed by atoms with Crippen LogP contribution in [0.3, 0.4) is 0 Å². The zero-order chi connectivity index (χ0) is 18.6. The van der Waals surface area contributed by atoms with Crippen molar-refractivity contribution in [3.63, 3.8) is 0 Å². The number of aryl methyl sites for hydroxylation is 1. The van der Waals surface area contributed by atoms with Crippen LogP contribution in [0.25, 0.3) is 0 Å². The first-order valence-electron chi connectivity index (χ1n) is 7.34. The number of primary amides is 1. The summed E-state index contributed by atoms with van der Waals surface area (Å²) < 4.78 is 6.87. The van der Waals surface area contributed by atoms with Crippen molar-refractivity contribution in [1.29, 1.82) is 0 Å². The molecule has 25 heavy (non-hydrogen) atoms. The summed E-state index contributed by atoms with van der Waals surface area (Å²) in [6.07, 6.45) is 1.05. The van der Waals surface area contributed by atoms with E-state index in [1.165, 1.54) is 14.2 Å². The molecule has 1 aromatic heterocycles. The Bertz CT molecular complexity index is 929. The van der Waals surface area contributed by atoms with Gasteiger partial charge in [-0.3, -0.25) is 19.0 Å².